The van der Waals surface area contributed by atoms with E-state index in [0.717, 1.165) is 0 Å². The first kappa shape index (κ1) is 22.4. The number of hydrogen-bond donors (Lipinski definition) is 2. The van der Waals surface area contributed by atoms with Crippen LogP contribution in [-0.2, 0) is 36.2 Å². The fourth-order valence-corrected chi connectivity index (χ4v) is 4.92. The van der Waals surface area contributed by atoms with Crippen molar-refractivity contribution in [3.63, 3.8) is 0 Å². The molecule has 0 aromatic carbocycles. The molecule has 0 bridgehead atoms. The van der Waals surface area contributed by atoms with Crippen molar-refractivity contribution in [1.29, 1.82) is 0 Å². The van der Waals surface area contributed by atoms with Crippen molar-refractivity contribution in [2.45, 2.75) is 25.4 Å². The van der Waals surface area contributed by atoms with Crippen molar-refractivity contribution >= 4 is 56.2 Å². The number of nitrogens with zero attached hydrogens (tertiary/aromatic N) is 4. The third kappa shape index (κ3) is 6.10. The van der Waals surface area contributed by atoms with Crippen molar-refractivity contribution in [3.05, 3.63) is 18.3 Å². The molecule has 0 amide bonds. The summed E-state index contributed by atoms with van der Waals surface area (Å²) in [6.45, 7) is -0.185. The van der Waals surface area contributed by atoms with E-state index in [9.17, 15) is 4.39 Å². The lowest BCUT2D eigenvalue weighted by atomic mass is 10.3. The lowest BCUT2D eigenvalue weighted by Gasteiger charge is -2.17. The number of halogens is 1. The number of methoxy groups -OCH3 is 1. The highest BCUT2D eigenvalue weighted by atomic mass is 32.7. The maximum absolute atomic E-state index is 13.6. The van der Waals surface area contributed by atoms with Gasteiger partial charge in [-0.1, -0.05) is 12.2 Å². The van der Waals surface area contributed by atoms with Crippen LogP contribution in [0.1, 0.15) is 5.82 Å². The summed E-state index contributed by atoms with van der Waals surface area (Å²) >= 11 is 8.61. The van der Waals surface area contributed by atoms with Crippen LogP contribution in [0, 0.1) is 0 Å². The Morgan fingerprint density at radius 1 is 1.50 bits per heavy atom. The van der Waals surface area contributed by atoms with Gasteiger partial charge in [0.05, 0.1) is 39.0 Å². The van der Waals surface area contributed by atoms with Gasteiger partial charge in [0.15, 0.2) is 11.8 Å². The second kappa shape index (κ2) is 11.2. The van der Waals surface area contributed by atoms with Crippen LogP contribution in [0.3, 0.4) is 0 Å². The molecular weight excluding hydrogens is 449 g/mol. The molecule has 1 aliphatic rings. The second-order valence-electron chi connectivity index (χ2n) is 5.66. The summed E-state index contributed by atoms with van der Waals surface area (Å²) in [4.78, 5) is 12.8. The second-order valence-corrected chi connectivity index (χ2v) is 10.1. The van der Waals surface area contributed by atoms with E-state index < -0.39 is 26.8 Å². The number of alkyl halides is 1. The maximum Gasteiger partial charge on any atom is 0.235 e. The van der Waals surface area contributed by atoms with E-state index in [2.05, 4.69) is 39.4 Å². The van der Waals surface area contributed by atoms with Gasteiger partial charge in [0.1, 0.15) is 30.4 Å². The van der Waals surface area contributed by atoms with Crippen LogP contribution in [-0.4, -0.2) is 64.7 Å². The molecule has 0 radical (unpaired) electrons. The number of thiol groups is 2. The van der Waals surface area contributed by atoms with Crippen molar-refractivity contribution in [2.75, 3.05) is 26.9 Å². The third-order valence-electron chi connectivity index (χ3n) is 3.77. The zero-order valence-electron chi connectivity index (χ0n) is 15.0. The first-order valence-corrected chi connectivity index (χ1v) is 13.4. The molecule has 1 saturated heterocycles. The molecule has 0 aliphatic carbocycles. The molecule has 0 spiro atoms. The van der Waals surface area contributed by atoms with Crippen LogP contribution >= 0.6 is 39.0 Å². The Morgan fingerprint density at radius 2 is 2.36 bits per heavy atom. The van der Waals surface area contributed by atoms with Gasteiger partial charge in [-0.2, -0.15) is 0 Å². The minimum Gasteiger partial charge on any atom is -0.375 e. The Kier molecular flexibility index (Phi) is 8.96. The van der Waals surface area contributed by atoms with E-state index in [4.69, 9.17) is 23.0 Å². The average Bonchev–Trinajstić information content (AvgIpc) is 3.24. The topological polar surface area (TPSA) is 89.8 Å². The Balaban J connectivity index is 1.63. The lowest BCUT2D eigenvalue weighted by Crippen LogP contribution is -2.21. The molecule has 4 unspecified atom stereocenters. The predicted molar refractivity (Wildman–Crippen MR) is 113 cm³/mol. The smallest absolute Gasteiger partial charge is 0.235 e. The first-order valence-electron chi connectivity index (χ1n) is 8.29. The number of rotatable bonds is 10. The molecule has 1 fully saturated rings. The molecule has 0 saturated carbocycles. The summed E-state index contributed by atoms with van der Waals surface area (Å²) in [5.74, 6) is 2.19. The van der Waals surface area contributed by atoms with Gasteiger partial charge in [-0.15, -0.1) is 12.2 Å². The van der Waals surface area contributed by atoms with Gasteiger partial charge in [-0.3, -0.25) is 0 Å². The van der Waals surface area contributed by atoms with E-state index in [1.165, 1.54) is 6.33 Å². The van der Waals surface area contributed by atoms with Crippen LogP contribution in [0.15, 0.2) is 12.5 Å². The summed E-state index contributed by atoms with van der Waals surface area (Å²) in [5.41, 5.74) is 1.30. The minimum atomic E-state index is -1.59. The van der Waals surface area contributed by atoms with Gasteiger partial charge in [-0.25, -0.2) is 19.3 Å². The SMILES string of the molecule is CO/C=[PH](/S)OCCn1c(COP(S)OC2COCC2F)nc2cncnc21. The minimum absolute atomic E-state index is 0.0329. The predicted octanol–water partition coefficient (Wildman–Crippen LogP) is 2.65. The molecule has 2 aromatic heterocycles. The van der Waals surface area contributed by atoms with E-state index in [1.807, 2.05) is 4.57 Å². The van der Waals surface area contributed by atoms with E-state index >= 15 is 0 Å². The van der Waals surface area contributed by atoms with Gasteiger partial charge in [0.2, 0.25) is 7.58 Å². The van der Waals surface area contributed by atoms with Crippen LogP contribution < -0.4 is 0 Å². The molecule has 2 aromatic rings. The highest BCUT2D eigenvalue weighted by Gasteiger charge is 2.31. The van der Waals surface area contributed by atoms with E-state index in [0.29, 0.717) is 30.1 Å². The van der Waals surface area contributed by atoms with E-state index in [-0.39, 0.29) is 19.8 Å². The van der Waals surface area contributed by atoms with E-state index in [1.54, 1.807) is 19.3 Å². The molecule has 9 nitrogen and oxygen atoms in total. The maximum atomic E-state index is 13.6. The van der Waals surface area contributed by atoms with Gasteiger partial charge in [0.25, 0.3) is 0 Å². The molecule has 0 N–H and O–H groups in total. The quantitative estimate of drug-likeness (QED) is 0.405. The molecule has 3 rings (SSSR count). The van der Waals surface area contributed by atoms with Crippen molar-refractivity contribution in [3.8, 4) is 0 Å². The summed E-state index contributed by atoms with van der Waals surface area (Å²) in [7, 11) is -0.0305. The number of aromatic nitrogens is 4. The number of fused-ring (bicyclic) bond motifs is 1. The Bertz CT molecular complexity index is 817. The van der Waals surface area contributed by atoms with Crippen molar-refractivity contribution in [2.24, 2.45) is 0 Å². The Labute approximate surface area is 174 Å². The molecule has 1 aliphatic heterocycles. The standard InChI is InChI=1S/C14H21FN4O5P2S2/c1-20-9-25(27)22-3-2-19-13(18-11-4-16-8-17-14(11)19)7-23-26(28)24-12-6-21-5-10(12)15/h4,8-10,12,25,27-28H,2-3,5-7H2,1H3. The van der Waals surface area contributed by atoms with Crippen LogP contribution in [0.2, 0.25) is 0 Å². The highest BCUT2D eigenvalue weighted by Crippen LogP contribution is 2.46. The summed E-state index contributed by atoms with van der Waals surface area (Å²) < 4.78 is 42.2. The fourth-order valence-electron chi connectivity index (χ4n) is 2.51. The summed E-state index contributed by atoms with van der Waals surface area (Å²) in [6, 6.07) is 0. The van der Waals surface area contributed by atoms with Crippen molar-refractivity contribution in [1.82, 2.24) is 19.5 Å². The van der Waals surface area contributed by atoms with Gasteiger partial charge in [0, 0.05) is 13.7 Å². The van der Waals surface area contributed by atoms with Crippen LogP contribution in [0.5, 0.6) is 0 Å². The molecule has 28 heavy (non-hydrogen) atoms. The fraction of sp³-hybridized carbons (Fsp3) is 0.571. The largest absolute Gasteiger partial charge is 0.375 e. The zero-order valence-corrected chi connectivity index (χ0v) is 18.7. The third-order valence-corrected chi connectivity index (χ3v) is 6.84. The lowest BCUT2D eigenvalue weighted by molar-refractivity contribution is 0.123. The van der Waals surface area contributed by atoms with Crippen LogP contribution in [0.4, 0.5) is 4.39 Å². The normalized spacial score (nSPS) is 22.1. The summed E-state index contributed by atoms with van der Waals surface area (Å²) in [6.07, 6.45) is 1.25. The average molecular weight is 470 g/mol. The van der Waals surface area contributed by atoms with Gasteiger partial charge < -0.3 is 27.6 Å². The Morgan fingerprint density at radius 3 is 3.11 bits per heavy atom. The molecule has 14 heteroatoms. The summed E-state index contributed by atoms with van der Waals surface area (Å²) in [5, 5.41) is 0. The molecule has 3 heterocycles. The van der Waals surface area contributed by atoms with Crippen molar-refractivity contribution < 1.29 is 27.4 Å². The monoisotopic (exact) mass is 470 g/mol. The zero-order chi connectivity index (χ0) is 19.9. The van der Waals surface area contributed by atoms with Gasteiger partial charge in [-0.05, 0) is 0 Å². The number of ether oxygens (including phenoxy) is 2. The van der Waals surface area contributed by atoms with Crippen LogP contribution in [0.25, 0.3) is 11.2 Å². The first-order chi connectivity index (χ1) is 13.6. The molecule has 4 atom stereocenters. The molecule has 156 valence electrons. The highest BCUT2D eigenvalue weighted by molar-refractivity contribution is 8.42. The number of imidazole rings is 1. The Hall–Kier alpha value is -0.290. The molecular formula is C14H21FN4O5P2S2. The van der Waals surface area contributed by atoms with Gasteiger partial charge >= 0.3 is 0 Å². The number of hydrogen-bond acceptors (Lipinski definition) is 10.